The quantitative estimate of drug-likeness (QED) is 0.153. The van der Waals surface area contributed by atoms with Crippen LogP contribution in [0.4, 0.5) is 5.69 Å². The van der Waals surface area contributed by atoms with Crippen molar-refractivity contribution in [2.45, 2.75) is 19.8 Å². The number of aromatic nitrogens is 1. The Hall–Kier alpha value is -4.81. The van der Waals surface area contributed by atoms with Gasteiger partial charge in [-0.05, 0) is 48.9 Å². The molecule has 4 rings (SSSR count). The third-order valence-electron chi connectivity index (χ3n) is 5.42. The van der Waals surface area contributed by atoms with Gasteiger partial charge in [-0.2, -0.15) is 4.79 Å². The standard InChI is InChI=1S/C28H24N4O4/c1-19-24(31-28(36-19)21-8-4-2-5-9-21)16-17-35-23-14-12-20(13-15-23)18-25(33)26(32-29)27(34)30-22-10-6-3-7-11-22/h2-15H,16-18H2,1H3,(H,30,34). The number of hydrogen-bond acceptors (Lipinski definition) is 5. The Morgan fingerprint density at radius 3 is 2.31 bits per heavy atom. The van der Waals surface area contributed by atoms with Gasteiger partial charge in [-0.25, -0.2) is 4.98 Å². The molecule has 0 saturated heterocycles. The molecule has 0 atom stereocenters. The molecule has 36 heavy (non-hydrogen) atoms. The van der Waals surface area contributed by atoms with Gasteiger partial charge in [-0.3, -0.25) is 9.59 Å². The van der Waals surface area contributed by atoms with Gasteiger partial charge in [0, 0.05) is 24.1 Å². The topological polar surface area (TPSA) is 118 Å². The van der Waals surface area contributed by atoms with Crippen molar-refractivity contribution in [3.63, 3.8) is 0 Å². The van der Waals surface area contributed by atoms with Gasteiger partial charge in [-0.15, -0.1) is 0 Å². The molecule has 8 heteroatoms. The van der Waals surface area contributed by atoms with Crippen LogP contribution in [0.1, 0.15) is 17.0 Å². The number of aryl methyl sites for hydroxylation is 1. The van der Waals surface area contributed by atoms with Crippen LogP contribution >= 0.6 is 0 Å². The minimum Gasteiger partial charge on any atom is -0.493 e. The first kappa shape index (κ1) is 24.3. The number of nitrogens with zero attached hydrogens (tertiary/aromatic N) is 3. The maximum Gasteiger partial charge on any atom is 0.422 e. The summed E-state index contributed by atoms with van der Waals surface area (Å²) in [5, 5.41) is 2.54. The second kappa shape index (κ2) is 11.6. The smallest absolute Gasteiger partial charge is 0.422 e. The van der Waals surface area contributed by atoms with Crippen molar-refractivity contribution in [2.24, 2.45) is 0 Å². The van der Waals surface area contributed by atoms with Gasteiger partial charge in [0.25, 0.3) is 5.78 Å². The highest BCUT2D eigenvalue weighted by Gasteiger charge is 2.29. The largest absolute Gasteiger partial charge is 0.493 e. The monoisotopic (exact) mass is 480 g/mol. The molecule has 3 aromatic carbocycles. The Labute approximate surface area is 208 Å². The molecule has 1 amide bonds. The lowest BCUT2D eigenvalue weighted by Crippen LogP contribution is -2.32. The van der Waals surface area contributed by atoms with E-state index in [1.807, 2.05) is 37.3 Å². The molecule has 0 saturated carbocycles. The van der Waals surface area contributed by atoms with Crippen LogP contribution in [0.2, 0.25) is 0 Å². The predicted octanol–water partition coefficient (Wildman–Crippen LogP) is 4.69. The van der Waals surface area contributed by atoms with E-state index in [1.54, 1.807) is 54.6 Å². The van der Waals surface area contributed by atoms with E-state index in [2.05, 4.69) is 15.1 Å². The second-order valence-corrected chi connectivity index (χ2v) is 8.00. The molecule has 0 unspecified atom stereocenters. The molecular weight excluding hydrogens is 456 g/mol. The number of anilines is 1. The summed E-state index contributed by atoms with van der Waals surface area (Å²) >= 11 is 0. The Bertz CT molecular complexity index is 1390. The summed E-state index contributed by atoms with van der Waals surface area (Å²) in [7, 11) is 0. The lowest BCUT2D eigenvalue weighted by molar-refractivity contribution is -0.122. The number of Topliss-reactive ketones (excluding diaryl/α,β-unsaturated/α-hetero) is 1. The highest BCUT2D eigenvalue weighted by Crippen LogP contribution is 2.22. The van der Waals surface area contributed by atoms with Crippen molar-refractivity contribution >= 4 is 23.1 Å². The van der Waals surface area contributed by atoms with Gasteiger partial charge in [0.15, 0.2) is 0 Å². The van der Waals surface area contributed by atoms with Crippen molar-refractivity contribution in [1.29, 1.82) is 0 Å². The van der Waals surface area contributed by atoms with Crippen LogP contribution < -0.4 is 10.1 Å². The molecule has 0 radical (unpaired) electrons. The fourth-order valence-corrected chi connectivity index (χ4v) is 3.54. The molecule has 0 aliphatic heterocycles. The molecule has 1 N–H and O–H groups in total. The molecule has 1 heterocycles. The molecule has 4 aromatic rings. The van der Waals surface area contributed by atoms with Crippen molar-refractivity contribution in [2.75, 3.05) is 11.9 Å². The predicted molar refractivity (Wildman–Crippen MR) is 135 cm³/mol. The highest BCUT2D eigenvalue weighted by atomic mass is 16.5. The van der Waals surface area contributed by atoms with E-state index in [1.165, 1.54) is 0 Å². The lowest BCUT2D eigenvalue weighted by Gasteiger charge is -2.06. The Balaban J connectivity index is 1.29. The van der Waals surface area contributed by atoms with Gasteiger partial charge < -0.3 is 20.0 Å². The van der Waals surface area contributed by atoms with Gasteiger partial charge in [-0.1, -0.05) is 48.5 Å². The summed E-state index contributed by atoms with van der Waals surface area (Å²) in [6, 6.07) is 25.3. The van der Waals surface area contributed by atoms with Crippen molar-refractivity contribution in [3.05, 3.63) is 107 Å². The number of carbonyl (C=O) groups excluding carboxylic acids is 2. The van der Waals surface area contributed by atoms with Crippen LogP contribution in [0, 0.1) is 6.92 Å². The van der Waals surface area contributed by atoms with Crippen molar-refractivity contribution < 1.29 is 23.5 Å². The van der Waals surface area contributed by atoms with Crippen LogP contribution in [-0.4, -0.2) is 33.8 Å². The molecule has 1 aromatic heterocycles. The normalized spacial score (nSPS) is 10.4. The van der Waals surface area contributed by atoms with Crippen LogP contribution in [0.25, 0.3) is 17.0 Å². The Morgan fingerprint density at radius 1 is 0.972 bits per heavy atom. The number of hydrogen-bond donors (Lipinski definition) is 1. The van der Waals surface area contributed by atoms with Crippen LogP contribution in [-0.2, 0) is 22.4 Å². The van der Waals surface area contributed by atoms with E-state index in [4.69, 9.17) is 9.15 Å². The molecule has 0 fully saturated rings. The molecule has 8 nitrogen and oxygen atoms in total. The number of carbonyl (C=O) groups is 2. The number of para-hydroxylation sites is 1. The molecule has 0 bridgehead atoms. The molecular formula is C28H24N4O4. The molecule has 0 aliphatic carbocycles. The lowest BCUT2D eigenvalue weighted by atomic mass is 10.1. The second-order valence-electron chi connectivity index (χ2n) is 8.00. The minimum atomic E-state index is -0.771. The van der Waals surface area contributed by atoms with E-state index >= 15 is 0 Å². The highest BCUT2D eigenvalue weighted by molar-refractivity contribution is 6.65. The van der Waals surface area contributed by atoms with Gasteiger partial charge in [0.1, 0.15) is 11.5 Å². The number of benzene rings is 3. The average Bonchev–Trinajstić information content (AvgIpc) is 3.27. The minimum absolute atomic E-state index is 0.0950. The van der Waals surface area contributed by atoms with Crippen molar-refractivity contribution in [3.8, 4) is 17.2 Å². The zero-order valence-electron chi connectivity index (χ0n) is 19.7. The number of amides is 1. The summed E-state index contributed by atoms with van der Waals surface area (Å²) in [5.74, 6) is 0.598. The zero-order chi connectivity index (χ0) is 25.3. The van der Waals surface area contributed by atoms with Crippen LogP contribution in [0.15, 0.2) is 89.3 Å². The van der Waals surface area contributed by atoms with Crippen LogP contribution in [0.3, 0.4) is 0 Å². The maximum atomic E-state index is 12.5. The fraction of sp³-hybridized carbons (Fsp3) is 0.143. The van der Waals surface area contributed by atoms with E-state index in [0.29, 0.717) is 35.9 Å². The number of ether oxygens (including phenoxy) is 1. The van der Waals surface area contributed by atoms with E-state index in [-0.39, 0.29) is 6.42 Å². The molecule has 180 valence electrons. The van der Waals surface area contributed by atoms with Gasteiger partial charge in [0.05, 0.1) is 12.3 Å². The number of oxazole rings is 1. The zero-order valence-corrected chi connectivity index (χ0v) is 19.7. The van der Waals surface area contributed by atoms with Crippen molar-refractivity contribution in [1.82, 2.24) is 4.98 Å². The molecule has 0 aliphatic rings. The first-order valence-corrected chi connectivity index (χ1v) is 11.4. The van der Waals surface area contributed by atoms with E-state index < -0.39 is 17.4 Å². The summed E-state index contributed by atoms with van der Waals surface area (Å²) in [6.45, 7) is 2.28. The number of rotatable bonds is 10. The third-order valence-corrected chi connectivity index (χ3v) is 5.42. The molecule has 0 spiro atoms. The van der Waals surface area contributed by atoms with E-state index in [9.17, 15) is 15.1 Å². The fourth-order valence-electron chi connectivity index (χ4n) is 3.54. The summed E-state index contributed by atoms with van der Waals surface area (Å²) in [5.41, 5.74) is 11.6. The Morgan fingerprint density at radius 2 is 1.64 bits per heavy atom. The van der Waals surface area contributed by atoms with E-state index in [0.717, 1.165) is 17.0 Å². The van der Waals surface area contributed by atoms with Gasteiger partial charge in [0.2, 0.25) is 5.89 Å². The van der Waals surface area contributed by atoms with Gasteiger partial charge >= 0.3 is 11.6 Å². The summed E-state index contributed by atoms with van der Waals surface area (Å²) in [4.78, 5) is 32.3. The average molecular weight is 481 g/mol. The number of ketones is 1. The van der Waals surface area contributed by atoms with Crippen LogP contribution in [0.5, 0.6) is 5.75 Å². The third kappa shape index (κ3) is 6.20. The summed E-state index contributed by atoms with van der Waals surface area (Å²) in [6.07, 6.45) is 0.484. The number of nitrogens with one attached hydrogen (secondary N) is 1. The Kier molecular flexibility index (Phi) is 7.80. The first-order valence-electron chi connectivity index (χ1n) is 11.4. The first-order chi connectivity index (χ1) is 17.5. The summed E-state index contributed by atoms with van der Waals surface area (Å²) < 4.78 is 11.6. The maximum absolute atomic E-state index is 12.5. The SMILES string of the molecule is Cc1oc(-c2ccccc2)nc1CCOc1ccc(CC(=O)C(=[N+]=[N-])C(=O)Nc2ccccc2)cc1.